The highest BCUT2D eigenvalue weighted by Gasteiger charge is 2.29. The van der Waals surface area contributed by atoms with Crippen molar-refractivity contribution in [2.24, 2.45) is 0 Å². The van der Waals surface area contributed by atoms with Crippen LogP contribution in [0.25, 0.3) is 0 Å². The largest absolute Gasteiger partial charge is 0.380 e. The zero-order valence-corrected chi connectivity index (χ0v) is 11.1. The first-order chi connectivity index (χ1) is 9.52. The Hall–Kier alpha value is -2.44. The minimum Gasteiger partial charge on any atom is -0.380 e. The van der Waals surface area contributed by atoms with Crippen LogP contribution in [0.4, 0.5) is 11.4 Å². The molecule has 1 N–H and O–H groups in total. The molecule has 0 aromatic heterocycles. The number of nitrogens with one attached hydrogen (secondary N) is 1. The molecule has 1 saturated heterocycles. The van der Waals surface area contributed by atoms with Crippen LogP contribution in [-0.2, 0) is 16.1 Å². The maximum atomic E-state index is 11.6. The molecular formula is C13H15N3O4. The number of carbonyl (C=O) groups excluding carboxylic acids is 2. The number of anilines is 1. The maximum absolute atomic E-state index is 11.6. The average Bonchev–Trinajstić information content (AvgIpc) is 2.71. The lowest BCUT2D eigenvalue weighted by Gasteiger charge is -2.14. The van der Waals surface area contributed by atoms with Gasteiger partial charge < -0.3 is 5.32 Å². The van der Waals surface area contributed by atoms with Crippen molar-refractivity contribution in [3.05, 3.63) is 33.9 Å². The average molecular weight is 277 g/mol. The van der Waals surface area contributed by atoms with Crippen LogP contribution in [0.1, 0.15) is 25.3 Å². The van der Waals surface area contributed by atoms with Gasteiger partial charge in [0, 0.05) is 25.5 Å². The fraction of sp³-hybridized carbons (Fsp3) is 0.385. The molecule has 1 heterocycles. The van der Waals surface area contributed by atoms with Crippen molar-refractivity contribution < 1.29 is 14.5 Å². The number of imide groups is 1. The number of nitrogens with zero attached hydrogens (tertiary/aromatic N) is 2. The summed E-state index contributed by atoms with van der Waals surface area (Å²) in [5, 5.41) is 13.8. The highest BCUT2D eigenvalue weighted by atomic mass is 16.6. The van der Waals surface area contributed by atoms with Gasteiger partial charge in [0.05, 0.1) is 11.5 Å². The molecule has 1 aliphatic heterocycles. The van der Waals surface area contributed by atoms with E-state index in [0.717, 1.165) is 0 Å². The summed E-state index contributed by atoms with van der Waals surface area (Å²) in [5.41, 5.74) is 1.07. The Morgan fingerprint density at radius 1 is 1.30 bits per heavy atom. The van der Waals surface area contributed by atoms with Crippen molar-refractivity contribution in [2.45, 2.75) is 26.3 Å². The Labute approximate surface area is 115 Å². The van der Waals surface area contributed by atoms with Crippen LogP contribution in [-0.4, -0.2) is 28.2 Å². The predicted molar refractivity (Wildman–Crippen MR) is 72.1 cm³/mol. The molecule has 1 aromatic carbocycles. The van der Waals surface area contributed by atoms with E-state index in [4.69, 9.17) is 0 Å². The lowest BCUT2D eigenvalue weighted by atomic mass is 10.1. The molecule has 0 atom stereocenters. The number of rotatable bonds is 5. The van der Waals surface area contributed by atoms with Crippen molar-refractivity contribution in [2.75, 3.05) is 11.9 Å². The number of hydrogen-bond donors (Lipinski definition) is 1. The molecule has 0 aliphatic carbocycles. The molecule has 106 valence electrons. The summed E-state index contributed by atoms with van der Waals surface area (Å²) in [6, 6.07) is 4.57. The SMILES string of the molecule is CCNc1cc(CN2C(=O)CCC2=O)ccc1[N+](=O)[O-]. The highest BCUT2D eigenvalue weighted by Crippen LogP contribution is 2.26. The van der Waals surface area contributed by atoms with E-state index in [-0.39, 0.29) is 36.9 Å². The summed E-state index contributed by atoms with van der Waals surface area (Å²) < 4.78 is 0. The first kappa shape index (κ1) is 14.0. The van der Waals surface area contributed by atoms with E-state index in [2.05, 4.69) is 5.32 Å². The third-order valence-corrected chi connectivity index (χ3v) is 3.12. The van der Waals surface area contributed by atoms with Gasteiger partial charge in [-0.25, -0.2) is 0 Å². The fourth-order valence-electron chi connectivity index (χ4n) is 2.15. The van der Waals surface area contributed by atoms with Crippen LogP contribution >= 0.6 is 0 Å². The van der Waals surface area contributed by atoms with Crippen LogP contribution in [0.5, 0.6) is 0 Å². The summed E-state index contributed by atoms with van der Waals surface area (Å²) >= 11 is 0. The molecule has 0 unspecified atom stereocenters. The molecule has 0 spiro atoms. The smallest absolute Gasteiger partial charge is 0.292 e. The summed E-state index contributed by atoms with van der Waals surface area (Å²) in [5.74, 6) is -0.392. The Kier molecular flexibility index (Phi) is 3.97. The summed E-state index contributed by atoms with van der Waals surface area (Å²) in [4.78, 5) is 34.7. The molecule has 0 bridgehead atoms. The van der Waals surface area contributed by atoms with Gasteiger partial charge in [-0.1, -0.05) is 6.07 Å². The third-order valence-electron chi connectivity index (χ3n) is 3.12. The number of carbonyl (C=O) groups is 2. The normalized spacial score (nSPS) is 14.8. The van der Waals surface area contributed by atoms with Crippen molar-refractivity contribution in [3.8, 4) is 0 Å². The minimum absolute atomic E-state index is 0.0188. The van der Waals surface area contributed by atoms with E-state index in [1.54, 1.807) is 12.1 Å². The summed E-state index contributed by atoms with van der Waals surface area (Å²) in [6.45, 7) is 2.55. The van der Waals surface area contributed by atoms with E-state index >= 15 is 0 Å². The Bertz CT molecular complexity index is 555. The van der Waals surface area contributed by atoms with Gasteiger partial charge in [0.25, 0.3) is 5.69 Å². The zero-order valence-electron chi connectivity index (χ0n) is 11.1. The Balaban J connectivity index is 2.24. The first-order valence-corrected chi connectivity index (χ1v) is 6.37. The highest BCUT2D eigenvalue weighted by molar-refractivity contribution is 6.01. The van der Waals surface area contributed by atoms with Gasteiger partial charge in [-0.2, -0.15) is 0 Å². The quantitative estimate of drug-likeness (QED) is 0.502. The molecule has 7 nitrogen and oxygen atoms in total. The van der Waals surface area contributed by atoms with E-state index in [1.807, 2.05) is 6.92 Å². The van der Waals surface area contributed by atoms with Crippen molar-refractivity contribution in [1.29, 1.82) is 0 Å². The number of benzene rings is 1. The number of likely N-dealkylation sites (tertiary alicyclic amines) is 1. The van der Waals surface area contributed by atoms with E-state index in [1.165, 1.54) is 11.0 Å². The number of nitro groups is 1. The minimum atomic E-state index is -0.464. The van der Waals surface area contributed by atoms with Crippen LogP contribution in [0.3, 0.4) is 0 Å². The van der Waals surface area contributed by atoms with Gasteiger partial charge in [0.2, 0.25) is 11.8 Å². The maximum Gasteiger partial charge on any atom is 0.292 e. The Morgan fingerprint density at radius 3 is 2.50 bits per heavy atom. The van der Waals surface area contributed by atoms with Gasteiger partial charge >= 0.3 is 0 Å². The number of amides is 2. The van der Waals surface area contributed by atoms with Crippen molar-refractivity contribution in [1.82, 2.24) is 4.90 Å². The summed E-state index contributed by atoms with van der Waals surface area (Å²) in [6.07, 6.45) is 0.484. The Morgan fingerprint density at radius 2 is 1.95 bits per heavy atom. The van der Waals surface area contributed by atoms with Crippen molar-refractivity contribution >= 4 is 23.2 Å². The lowest BCUT2D eigenvalue weighted by molar-refractivity contribution is -0.384. The van der Waals surface area contributed by atoms with Crippen molar-refractivity contribution in [3.63, 3.8) is 0 Å². The standard InChI is InChI=1S/C13H15N3O4/c1-2-14-10-7-9(3-4-11(10)16(19)20)8-15-12(17)5-6-13(15)18/h3-4,7,14H,2,5-6,8H2,1H3. The predicted octanol–water partition coefficient (Wildman–Crippen LogP) is 1.68. The second-order valence-corrected chi connectivity index (χ2v) is 4.51. The molecule has 2 amide bonds. The molecule has 7 heteroatoms. The second-order valence-electron chi connectivity index (χ2n) is 4.51. The van der Waals surface area contributed by atoms with Crippen LogP contribution in [0, 0.1) is 10.1 Å². The number of hydrogen-bond acceptors (Lipinski definition) is 5. The fourth-order valence-corrected chi connectivity index (χ4v) is 2.15. The second kappa shape index (κ2) is 5.68. The van der Waals surface area contributed by atoms with Gasteiger partial charge in [0.15, 0.2) is 0 Å². The topological polar surface area (TPSA) is 92.6 Å². The zero-order chi connectivity index (χ0) is 14.7. The van der Waals surface area contributed by atoms with E-state index in [9.17, 15) is 19.7 Å². The molecule has 1 aromatic rings. The molecule has 0 radical (unpaired) electrons. The van der Waals surface area contributed by atoms with Crippen LogP contribution in [0.2, 0.25) is 0 Å². The molecule has 1 fully saturated rings. The van der Waals surface area contributed by atoms with E-state index < -0.39 is 4.92 Å². The van der Waals surface area contributed by atoms with E-state index in [0.29, 0.717) is 17.8 Å². The third kappa shape index (κ3) is 2.76. The van der Waals surface area contributed by atoms with Crippen LogP contribution < -0.4 is 5.32 Å². The van der Waals surface area contributed by atoms with Gasteiger partial charge in [-0.15, -0.1) is 0 Å². The first-order valence-electron chi connectivity index (χ1n) is 6.37. The lowest BCUT2D eigenvalue weighted by Crippen LogP contribution is -2.28. The van der Waals surface area contributed by atoms with Gasteiger partial charge in [-0.05, 0) is 18.6 Å². The summed E-state index contributed by atoms with van der Waals surface area (Å²) in [7, 11) is 0. The number of nitro benzene ring substituents is 1. The monoisotopic (exact) mass is 277 g/mol. The van der Waals surface area contributed by atoms with Gasteiger partial charge in [-0.3, -0.25) is 24.6 Å². The van der Waals surface area contributed by atoms with Crippen LogP contribution in [0.15, 0.2) is 18.2 Å². The molecule has 20 heavy (non-hydrogen) atoms. The molecule has 1 aliphatic rings. The molecular weight excluding hydrogens is 262 g/mol. The van der Waals surface area contributed by atoms with Gasteiger partial charge in [0.1, 0.15) is 5.69 Å². The molecule has 2 rings (SSSR count). The molecule has 0 saturated carbocycles.